The lowest BCUT2D eigenvalue weighted by atomic mass is 9.78. The maximum absolute atomic E-state index is 12.8. The summed E-state index contributed by atoms with van der Waals surface area (Å²) in [5, 5.41) is 25.4. The highest BCUT2D eigenvalue weighted by atomic mass is 32.2. The zero-order valence-corrected chi connectivity index (χ0v) is 18.4. The molecule has 0 radical (unpaired) electrons. The van der Waals surface area contributed by atoms with Gasteiger partial charge >= 0.3 is 6.03 Å². The molecule has 3 aliphatic heterocycles. The van der Waals surface area contributed by atoms with Crippen molar-refractivity contribution in [1.82, 2.24) is 20.5 Å². The fourth-order valence-corrected chi connectivity index (χ4v) is 5.39. The van der Waals surface area contributed by atoms with Gasteiger partial charge in [0, 0.05) is 29.3 Å². The number of aliphatic hydroxyl groups is 1. The number of nitriles is 1. The van der Waals surface area contributed by atoms with E-state index in [1.54, 1.807) is 11.0 Å². The third kappa shape index (κ3) is 3.81. The third-order valence-corrected chi connectivity index (χ3v) is 7.01. The van der Waals surface area contributed by atoms with Crippen molar-refractivity contribution in [1.29, 1.82) is 5.26 Å². The van der Waals surface area contributed by atoms with E-state index in [2.05, 4.69) is 21.7 Å². The summed E-state index contributed by atoms with van der Waals surface area (Å²) in [6.07, 6.45) is 0. The van der Waals surface area contributed by atoms with E-state index in [1.165, 1.54) is 11.8 Å². The number of aryl methyl sites for hydroxylation is 1. The van der Waals surface area contributed by atoms with Gasteiger partial charge in [-0.15, -0.1) is 0 Å². The van der Waals surface area contributed by atoms with Gasteiger partial charge in [-0.25, -0.2) is 4.79 Å². The Balaban J connectivity index is 1.41. The number of hydrogen-bond donors (Lipinski definition) is 3. The molecule has 1 aromatic carbocycles. The van der Waals surface area contributed by atoms with Crippen molar-refractivity contribution in [2.75, 3.05) is 26.3 Å². The molecule has 4 heterocycles. The second-order valence-corrected chi connectivity index (χ2v) is 9.60. The monoisotopic (exact) mass is 449 g/mol. The Morgan fingerprint density at radius 1 is 1.38 bits per heavy atom. The lowest BCUT2D eigenvalue weighted by Crippen LogP contribution is -2.69. The number of benzene rings is 1. The van der Waals surface area contributed by atoms with Crippen LogP contribution in [0.4, 0.5) is 4.79 Å². The summed E-state index contributed by atoms with van der Waals surface area (Å²) in [6.45, 7) is 4.63. The minimum absolute atomic E-state index is 0.110. The Hall–Kier alpha value is -3.06. The number of aliphatic hydroxyl groups excluding tert-OH is 1. The first-order chi connectivity index (χ1) is 15.5. The normalized spacial score (nSPS) is 20.9. The van der Waals surface area contributed by atoms with Gasteiger partial charge in [0.1, 0.15) is 0 Å². The molecule has 164 valence electrons. The summed E-state index contributed by atoms with van der Waals surface area (Å²) >= 11 is 1.50. The quantitative estimate of drug-likeness (QED) is 0.657. The van der Waals surface area contributed by atoms with Gasteiger partial charge < -0.3 is 25.4 Å². The van der Waals surface area contributed by atoms with Gasteiger partial charge in [-0.2, -0.15) is 5.26 Å². The van der Waals surface area contributed by atoms with E-state index >= 15 is 0 Å². The SMILES string of the molecule is Cc1cc(C2=C(c3cccc(C#N)c3)NC(NC(=O)N3CC4(COC4)C3)S2)cc(CO)n1. The molecule has 2 saturated heterocycles. The van der Waals surface area contributed by atoms with Gasteiger partial charge in [0.05, 0.1) is 48.3 Å². The molecule has 0 bridgehead atoms. The summed E-state index contributed by atoms with van der Waals surface area (Å²) in [4.78, 5) is 19.9. The maximum atomic E-state index is 12.8. The molecule has 3 N–H and O–H groups in total. The number of rotatable bonds is 4. The first-order valence-corrected chi connectivity index (χ1v) is 11.3. The molecule has 1 unspecified atom stereocenters. The molecular formula is C23H23N5O3S. The van der Waals surface area contributed by atoms with Gasteiger partial charge in [-0.1, -0.05) is 23.9 Å². The van der Waals surface area contributed by atoms with E-state index in [0.29, 0.717) is 11.3 Å². The van der Waals surface area contributed by atoms with E-state index < -0.39 is 0 Å². The van der Waals surface area contributed by atoms with E-state index in [9.17, 15) is 15.2 Å². The number of nitrogens with one attached hydrogen (secondary N) is 2. The maximum Gasteiger partial charge on any atom is 0.319 e. The largest absolute Gasteiger partial charge is 0.390 e. The van der Waals surface area contributed by atoms with E-state index in [4.69, 9.17) is 4.74 Å². The number of nitrogens with zero attached hydrogens (tertiary/aromatic N) is 3. The summed E-state index contributed by atoms with van der Waals surface area (Å²) in [6, 6.07) is 13.2. The Morgan fingerprint density at radius 2 is 2.19 bits per heavy atom. The zero-order valence-electron chi connectivity index (χ0n) is 17.6. The first kappa shape index (κ1) is 20.8. The fraction of sp³-hybridized carbons (Fsp3) is 0.348. The second-order valence-electron chi connectivity index (χ2n) is 8.48. The number of likely N-dealkylation sites (tertiary alicyclic amines) is 1. The highest BCUT2D eigenvalue weighted by molar-refractivity contribution is 8.09. The number of thioether (sulfide) groups is 1. The number of amides is 2. The molecule has 1 aromatic heterocycles. The Kier molecular flexibility index (Phi) is 5.29. The van der Waals surface area contributed by atoms with Gasteiger partial charge in [-0.3, -0.25) is 4.98 Å². The highest BCUT2D eigenvalue weighted by Crippen LogP contribution is 2.42. The van der Waals surface area contributed by atoms with Gasteiger partial charge in [-0.05, 0) is 36.8 Å². The molecular weight excluding hydrogens is 426 g/mol. The lowest BCUT2D eigenvalue weighted by Gasteiger charge is -2.54. The van der Waals surface area contributed by atoms with Crippen molar-refractivity contribution in [3.05, 3.63) is 64.5 Å². The number of ether oxygens (including phenoxy) is 1. The topological polar surface area (TPSA) is 111 Å². The molecule has 1 spiro atoms. The molecule has 32 heavy (non-hydrogen) atoms. The molecule has 2 fully saturated rings. The van der Waals surface area contributed by atoms with Crippen LogP contribution in [0.15, 0.2) is 36.4 Å². The predicted octanol–water partition coefficient (Wildman–Crippen LogP) is 2.24. The van der Waals surface area contributed by atoms with Crippen LogP contribution in [-0.4, -0.2) is 52.8 Å². The molecule has 2 aromatic rings. The van der Waals surface area contributed by atoms with Crippen molar-refractivity contribution < 1.29 is 14.6 Å². The minimum Gasteiger partial charge on any atom is -0.390 e. The molecule has 1 atom stereocenters. The molecule has 5 rings (SSSR count). The number of hydrogen-bond acceptors (Lipinski definition) is 7. The third-order valence-electron chi connectivity index (χ3n) is 5.86. The van der Waals surface area contributed by atoms with Crippen molar-refractivity contribution in [3.63, 3.8) is 0 Å². The first-order valence-electron chi connectivity index (χ1n) is 10.4. The van der Waals surface area contributed by atoms with Crippen LogP contribution in [0.25, 0.3) is 10.6 Å². The smallest absolute Gasteiger partial charge is 0.319 e. The van der Waals surface area contributed by atoms with Crippen LogP contribution in [0.1, 0.15) is 28.1 Å². The molecule has 2 amide bonds. The van der Waals surface area contributed by atoms with Crippen LogP contribution in [0, 0.1) is 23.7 Å². The predicted molar refractivity (Wildman–Crippen MR) is 121 cm³/mol. The molecule has 3 aliphatic rings. The van der Waals surface area contributed by atoms with Gasteiger partial charge in [0.25, 0.3) is 0 Å². The number of aromatic nitrogens is 1. The average molecular weight is 450 g/mol. The number of urea groups is 1. The number of carbonyl (C=O) groups excluding carboxylic acids is 1. The Labute approximate surface area is 190 Å². The van der Waals surface area contributed by atoms with Crippen LogP contribution in [0.5, 0.6) is 0 Å². The van der Waals surface area contributed by atoms with E-state index in [-0.39, 0.29) is 23.6 Å². The van der Waals surface area contributed by atoms with Crippen LogP contribution in [-0.2, 0) is 11.3 Å². The zero-order chi connectivity index (χ0) is 22.3. The second kappa shape index (κ2) is 8.13. The van der Waals surface area contributed by atoms with Crippen molar-refractivity contribution in [3.8, 4) is 6.07 Å². The fourth-order valence-electron chi connectivity index (χ4n) is 4.27. The van der Waals surface area contributed by atoms with E-state index in [0.717, 1.165) is 53.7 Å². The number of carbonyl (C=O) groups is 1. The summed E-state index contributed by atoms with van der Waals surface area (Å²) in [5.74, 6) is 0. The van der Waals surface area contributed by atoms with Crippen molar-refractivity contribution in [2.24, 2.45) is 5.41 Å². The Morgan fingerprint density at radius 3 is 2.88 bits per heavy atom. The van der Waals surface area contributed by atoms with Gasteiger partial charge in [0.15, 0.2) is 5.50 Å². The van der Waals surface area contributed by atoms with E-state index in [1.807, 2.05) is 37.3 Å². The molecule has 8 nitrogen and oxygen atoms in total. The standard InChI is InChI=1S/C23H23N5O3S/c1-14-5-17(7-18(9-29)25-14)20-19(16-4-2-3-15(6-16)8-24)26-21(32-20)27-22(30)28-10-23(11-28)12-31-13-23/h2-7,21,26,29H,9-13H2,1H3,(H,27,30). The number of pyridine rings is 1. The molecule has 9 heteroatoms. The van der Waals surface area contributed by atoms with Gasteiger partial charge in [0.2, 0.25) is 0 Å². The Bertz CT molecular complexity index is 1150. The van der Waals surface area contributed by atoms with Crippen LogP contribution in [0.3, 0.4) is 0 Å². The van der Waals surface area contributed by atoms with Crippen LogP contribution >= 0.6 is 11.8 Å². The molecule has 0 aliphatic carbocycles. The minimum atomic E-state index is -0.363. The summed E-state index contributed by atoms with van der Waals surface area (Å²) in [7, 11) is 0. The van der Waals surface area contributed by atoms with Crippen LogP contribution < -0.4 is 10.6 Å². The lowest BCUT2D eigenvalue weighted by molar-refractivity contribution is -0.175. The average Bonchev–Trinajstić information content (AvgIpc) is 3.15. The van der Waals surface area contributed by atoms with Crippen LogP contribution in [0.2, 0.25) is 0 Å². The summed E-state index contributed by atoms with van der Waals surface area (Å²) in [5.41, 5.74) is 4.34. The summed E-state index contributed by atoms with van der Waals surface area (Å²) < 4.78 is 5.29. The van der Waals surface area contributed by atoms with Crippen molar-refractivity contribution >= 4 is 28.4 Å². The van der Waals surface area contributed by atoms with Crippen molar-refractivity contribution in [2.45, 2.75) is 19.0 Å². The highest BCUT2D eigenvalue weighted by Gasteiger charge is 2.51. The molecule has 0 saturated carbocycles.